The molecule has 29 heavy (non-hydrogen) atoms. The minimum atomic E-state index is -0.276. The summed E-state index contributed by atoms with van der Waals surface area (Å²) in [6.45, 7) is 9.43. The van der Waals surface area contributed by atoms with Crippen LogP contribution in [0.4, 0.5) is 0 Å². The highest BCUT2D eigenvalue weighted by atomic mass is 16.5. The quantitative estimate of drug-likeness (QED) is 0.249. The molecule has 1 aromatic carbocycles. The van der Waals surface area contributed by atoms with E-state index in [0.717, 1.165) is 24.8 Å². The average molecular weight is 399 g/mol. The number of benzene rings is 1. The van der Waals surface area contributed by atoms with Crippen molar-refractivity contribution in [3.63, 3.8) is 0 Å². The predicted molar refractivity (Wildman–Crippen MR) is 118 cm³/mol. The number of esters is 1. The van der Waals surface area contributed by atoms with E-state index in [1.165, 1.54) is 0 Å². The smallest absolute Gasteiger partial charge is 0.333 e. The Bertz CT molecular complexity index is 685. The summed E-state index contributed by atoms with van der Waals surface area (Å²) in [5.41, 5.74) is 1.69. The zero-order chi connectivity index (χ0) is 20.9. The molecule has 5 heteroatoms. The molecule has 0 amide bonds. The Morgan fingerprint density at radius 2 is 2.07 bits per heavy atom. The molecule has 3 atom stereocenters. The Kier molecular flexibility index (Phi) is 10.4. The Hall–Kier alpha value is -2.24. The van der Waals surface area contributed by atoms with Gasteiger partial charge in [-0.15, -0.1) is 6.58 Å². The molecular formula is C24H34N2O3. The molecule has 0 radical (unpaired) electrons. The van der Waals surface area contributed by atoms with Crippen molar-refractivity contribution < 1.29 is 14.3 Å². The monoisotopic (exact) mass is 398 g/mol. The molecule has 1 aliphatic rings. The highest BCUT2D eigenvalue weighted by Gasteiger charge is 2.35. The van der Waals surface area contributed by atoms with E-state index in [1.54, 1.807) is 0 Å². The Morgan fingerprint density at radius 1 is 1.28 bits per heavy atom. The van der Waals surface area contributed by atoms with Gasteiger partial charge < -0.3 is 14.8 Å². The normalized spacial score (nSPS) is 21.7. The molecule has 5 nitrogen and oxygen atoms in total. The van der Waals surface area contributed by atoms with Gasteiger partial charge in [0, 0.05) is 31.0 Å². The van der Waals surface area contributed by atoms with Crippen LogP contribution in [-0.2, 0) is 14.3 Å². The molecule has 1 aliphatic carbocycles. The molecule has 158 valence electrons. The van der Waals surface area contributed by atoms with Crippen molar-refractivity contribution in [2.24, 2.45) is 4.99 Å². The first-order valence-electron chi connectivity index (χ1n) is 10.6. The van der Waals surface area contributed by atoms with Crippen molar-refractivity contribution in [1.82, 2.24) is 5.32 Å². The molecule has 0 aromatic heterocycles. The first kappa shape index (κ1) is 23.0. The minimum absolute atomic E-state index is 0.0338. The second kappa shape index (κ2) is 13.1. The van der Waals surface area contributed by atoms with E-state index in [4.69, 9.17) is 14.5 Å². The fraction of sp³-hybridized carbons (Fsp3) is 0.500. The van der Waals surface area contributed by atoms with Gasteiger partial charge in [0.2, 0.25) is 0 Å². The van der Waals surface area contributed by atoms with Crippen molar-refractivity contribution in [2.45, 2.75) is 57.7 Å². The summed E-state index contributed by atoms with van der Waals surface area (Å²) in [6.07, 6.45) is 9.14. The van der Waals surface area contributed by atoms with Gasteiger partial charge in [-0.2, -0.15) is 0 Å². The summed E-state index contributed by atoms with van der Waals surface area (Å²) in [6, 6.07) is 9.86. The maximum Gasteiger partial charge on any atom is 0.333 e. The number of ether oxygens (including phenoxy) is 2. The highest BCUT2D eigenvalue weighted by molar-refractivity contribution is 5.89. The van der Waals surface area contributed by atoms with Crippen LogP contribution in [-0.4, -0.2) is 50.1 Å². The van der Waals surface area contributed by atoms with Crippen LogP contribution in [0.2, 0.25) is 0 Å². The van der Waals surface area contributed by atoms with Crippen LogP contribution in [0.5, 0.6) is 0 Å². The van der Waals surface area contributed by atoms with Crippen LogP contribution in [0, 0.1) is 0 Å². The topological polar surface area (TPSA) is 59.9 Å². The van der Waals surface area contributed by atoms with Crippen LogP contribution in [0.1, 0.15) is 45.1 Å². The molecule has 0 heterocycles. The number of hydrogen-bond donors (Lipinski definition) is 1. The van der Waals surface area contributed by atoms with Gasteiger partial charge in [-0.25, -0.2) is 4.79 Å². The lowest BCUT2D eigenvalue weighted by atomic mass is 9.88. The van der Waals surface area contributed by atoms with Gasteiger partial charge in [0.05, 0.1) is 12.6 Å². The molecule has 0 bridgehead atoms. The van der Waals surface area contributed by atoms with Crippen LogP contribution in [0.25, 0.3) is 0 Å². The van der Waals surface area contributed by atoms with E-state index in [2.05, 4.69) is 18.8 Å². The van der Waals surface area contributed by atoms with Crippen molar-refractivity contribution in [2.75, 3.05) is 19.8 Å². The van der Waals surface area contributed by atoms with Crippen LogP contribution in [0.3, 0.4) is 0 Å². The lowest BCUT2D eigenvalue weighted by molar-refractivity contribution is -0.139. The van der Waals surface area contributed by atoms with E-state index in [1.807, 2.05) is 55.6 Å². The molecule has 0 spiro atoms. The van der Waals surface area contributed by atoms with Gasteiger partial charge in [-0.1, -0.05) is 56.2 Å². The molecule has 0 unspecified atom stereocenters. The van der Waals surface area contributed by atoms with Crippen molar-refractivity contribution in [1.29, 1.82) is 0 Å². The van der Waals surface area contributed by atoms with E-state index < -0.39 is 0 Å². The number of nitrogens with one attached hydrogen (secondary N) is 1. The number of hydrogen-bond acceptors (Lipinski definition) is 5. The summed E-state index contributed by atoms with van der Waals surface area (Å²) >= 11 is 0. The SMILES string of the molecule is C=CCN[C@H]1CC(C(=O)OCC)=C[C@@H](OCCCCC)[C@@H]1N=Cc1ccccc1. The van der Waals surface area contributed by atoms with Crippen molar-refractivity contribution in [3.8, 4) is 0 Å². The molecule has 0 aliphatic heterocycles. The van der Waals surface area contributed by atoms with Gasteiger partial charge in [0.15, 0.2) is 0 Å². The molecular weight excluding hydrogens is 364 g/mol. The highest BCUT2D eigenvalue weighted by Crippen LogP contribution is 2.26. The van der Waals surface area contributed by atoms with E-state index in [9.17, 15) is 4.79 Å². The maximum atomic E-state index is 12.4. The van der Waals surface area contributed by atoms with Crippen molar-refractivity contribution in [3.05, 3.63) is 60.2 Å². The summed E-state index contributed by atoms with van der Waals surface area (Å²) in [7, 11) is 0. The van der Waals surface area contributed by atoms with Crippen molar-refractivity contribution >= 4 is 12.2 Å². The maximum absolute atomic E-state index is 12.4. The number of nitrogens with zero attached hydrogens (tertiary/aromatic N) is 1. The van der Waals surface area contributed by atoms with Gasteiger partial charge >= 0.3 is 5.97 Å². The third kappa shape index (κ3) is 7.59. The first-order chi connectivity index (χ1) is 14.2. The minimum Gasteiger partial charge on any atom is -0.463 e. The molecule has 1 aromatic rings. The number of carbonyl (C=O) groups is 1. The molecule has 1 N–H and O–H groups in total. The number of carbonyl (C=O) groups excluding carboxylic acids is 1. The summed E-state index contributed by atoms with van der Waals surface area (Å²) < 4.78 is 11.4. The standard InChI is InChI=1S/C24H34N2O3/c1-4-7-11-15-29-22-17-20(24(27)28-6-3)16-21(25-14-5-2)23(22)26-18-19-12-9-8-10-13-19/h5,8-10,12-13,17-18,21-23,25H,2,4,6-7,11,14-16H2,1,3H3/t21-,22+,23+/m0/s1. The number of aliphatic imine (C=N–C) groups is 1. The second-order valence-electron chi connectivity index (χ2n) is 7.14. The lowest BCUT2D eigenvalue weighted by Crippen LogP contribution is -2.49. The third-order valence-electron chi connectivity index (χ3n) is 4.87. The molecule has 0 saturated heterocycles. The Balaban J connectivity index is 2.25. The van der Waals surface area contributed by atoms with Crippen LogP contribution in [0.15, 0.2) is 59.6 Å². The molecule has 0 saturated carbocycles. The zero-order valence-corrected chi connectivity index (χ0v) is 17.7. The number of unbranched alkanes of at least 4 members (excludes halogenated alkanes) is 2. The largest absolute Gasteiger partial charge is 0.463 e. The molecule has 0 fully saturated rings. The third-order valence-corrected chi connectivity index (χ3v) is 4.87. The Morgan fingerprint density at radius 3 is 2.76 bits per heavy atom. The van der Waals surface area contributed by atoms with Gasteiger partial charge in [-0.3, -0.25) is 4.99 Å². The van der Waals surface area contributed by atoms with Gasteiger partial charge in [0.1, 0.15) is 6.10 Å². The zero-order valence-electron chi connectivity index (χ0n) is 17.7. The first-order valence-corrected chi connectivity index (χ1v) is 10.6. The summed E-state index contributed by atoms with van der Waals surface area (Å²) in [4.78, 5) is 17.3. The number of rotatable bonds is 12. The van der Waals surface area contributed by atoms with E-state index >= 15 is 0 Å². The fourth-order valence-electron chi connectivity index (χ4n) is 3.37. The summed E-state index contributed by atoms with van der Waals surface area (Å²) in [5, 5.41) is 3.46. The van der Waals surface area contributed by atoms with Gasteiger partial charge in [0.25, 0.3) is 0 Å². The fourth-order valence-corrected chi connectivity index (χ4v) is 3.37. The second-order valence-corrected chi connectivity index (χ2v) is 7.14. The summed E-state index contributed by atoms with van der Waals surface area (Å²) in [5.74, 6) is -0.273. The average Bonchev–Trinajstić information content (AvgIpc) is 2.75. The predicted octanol–water partition coefficient (Wildman–Crippen LogP) is 4.09. The van der Waals surface area contributed by atoms with E-state index in [0.29, 0.717) is 31.8 Å². The molecule has 2 rings (SSSR count). The Labute approximate surface area is 174 Å². The van der Waals surface area contributed by atoms with Crippen LogP contribution < -0.4 is 5.32 Å². The van der Waals surface area contributed by atoms with Gasteiger partial charge in [-0.05, 0) is 31.4 Å². The van der Waals surface area contributed by atoms with Crippen LogP contribution >= 0.6 is 0 Å². The lowest BCUT2D eigenvalue weighted by Gasteiger charge is -2.34. The van der Waals surface area contributed by atoms with E-state index in [-0.39, 0.29) is 24.2 Å².